The Morgan fingerprint density at radius 2 is 2.42 bits per heavy atom. The zero-order valence-corrected chi connectivity index (χ0v) is 11.3. The van der Waals surface area contributed by atoms with E-state index in [1.54, 1.807) is 18.4 Å². The molecule has 96 valence electrons. The fourth-order valence-electron chi connectivity index (χ4n) is 2.12. The Labute approximate surface area is 115 Å². The summed E-state index contributed by atoms with van der Waals surface area (Å²) >= 11 is 1.60. The van der Waals surface area contributed by atoms with E-state index in [-0.39, 0.29) is 0 Å². The van der Waals surface area contributed by atoms with Crippen LogP contribution >= 0.6 is 11.3 Å². The molecule has 3 rings (SSSR count). The highest BCUT2D eigenvalue weighted by Crippen LogP contribution is 2.39. The van der Waals surface area contributed by atoms with Gasteiger partial charge in [-0.1, -0.05) is 0 Å². The van der Waals surface area contributed by atoms with Crippen LogP contribution in [0.2, 0.25) is 0 Å². The predicted octanol–water partition coefficient (Wildman–Crippen LogP) is 2.82. The van der Waals surface area contributed by atoms with Crippen molar-refractivity contribution in [1.82, 2.24) is 4.98 Å². The van der Waals surface area contributed by atoms with Crippen molar-refractivity contribution in [3.05, 3.63) is 28.1 Å². The summed E-state index contributed by atoms with van der Waals surface area (Å²) in [5.74, 6) is 1.57. The third-order valence-corrected chi connectivity index (χ3v) is 4.12. The van der Waals surface area contributed by atoms with Crippen molar-refractivity contribution >= 4 is 11.3 Å². The van der Waals surface area contributed by atoms with Gasteiger partial charge in [-0.15, -0.1) is 11.3 Å². The number of aromatic nitrogens is 1. The van der Waals surface area contributed by atoms with Crippen LogP contribution in [0.5, 0.6) is 11.5 Å². The van der Waals surface area contributed by atoms with Gasteiger partial charge in [0.15, 0.2) is 0 Å². The molecule has 19 heavy (non-hydrogen) atoms. The van der Waals surface area contributed by atoms with E-state index in [1.807, 2.05) is 18.2 Å². The summed E-state index contributed by atoms with van der Waals surface area (Å²) in [6.45, 7) is 0.626. The van der Waals surface area contributed by atoms with E-state index >= 15 is 0 Å². The smallest absolute Gasteiger partial charge is 0.132 e. The fraction of sp³-hybridized carbons (Fsp3) is 0.286. The van der Waals surface area contributed by atoms with Crippen LogP contribution in [0.4, 0.5) is 0 Å². The lowest BCUT2D eigenvalue weighted by molar-refractivity contribution is 0.324. The molecule has 4 nitrogen and oxygen atoms in total. The molecular weight excluding hydrogens is 260 g/mol. The molecule has 0 aliphatic carbocycles. The molecule has 0 atom stereocenters. The first kappa shape index (κ1) is 12.0. The summed E-state index contributed by atoms with van der Waals surface area (Å²) in [6.07, 6.45) is 1.19. The zero-order chi connectivity index (χ0) is 13.2. The van der Waals surface area contributed by atoms with Crippen molar-refractivity contribution in [2.45, 2.75) is 12.8 Å². The van der Waals surface area contributed by atoms with Crippen molar-refractivity contribution < 1.29 is 9.47 Å². The quantitative estimate of drug-likeness (QED) is 0.843. The zero-order valence-electron chi connectivity index (χ0n) is 10.5. The normalized spacial score (nSPS) is 12.6. The third kappa shape index (κ3) is 2.15. The average molecular weight is 272 g/mol. The van der Waals surface area contributed by atoms with Gasteiger partial charge in [-0.05, 0) is 12.1 Å². The molecule has 0 saturated heterocycles. The first-order valence-electron chi connectivity index (χ1n) is 5.98. The number of hydrogen-bond acceptors (Lipinski definition) is 5. The third-order valence-electron chi connectivity index (χ3n) is 3.00. The van der Waals surface area contributed by atoms with Crippen molar-refractivity contribution in [3.63, 3.8) is 0 Å². The van der Waals surface area contributed by atoms with Crippen LogP contribution in [-0.2, 0) is 12.8 Å². The molecule has 5 heteroatoms. The van der Waals surface area contributed by atoms with Gasteiger partial charge in [0.2, 0.25) is 0 Å². The van der Waals surface area contributed by atoms with Crippen LogP contribution in [-0.4, -0.2) is 18.7 Å². The highest BCUT2D eigenvalue weighted by molar-refractivity contribution is 7.12. The van der Waals surface area contributed by atoms with Gasteiger partial charge in [-0.2, -0.15) is 5.26 Å². The maximum atomic E-state index is 8.78. The summed E-state index contributed by atoms with van der Waals surface area (Å²) in [6, 6.07) is 7.90. The van der Waals surface area contributed by atoms with Crippen LogP contribution < -0.4 is 9.47 Å². The number of hydrogen-bond donors (Lipinski definition) is 0. The van der Waals surface area contributed by atoms with Gasteiger partial charge < -0.3 is 9.47 Å². The molecular formula is C14H12N2O2S. The Morgan fingerprint density at radius 3 is 3.21 bits per heavy atom. The summed E-state index contributed by atoms with van der Waals surface area (Å²) < 4.78 is 11.0. The number of rotatable bonds is 2. The predicted molar refractivity (Wildman–Crippen MR) is 72.6 cm³/mol. The fourth-order valence-corrected chi connectivity index (χ4v) is 3.12. The maximum absolute atomic E-state index is 8.78. The molecule has 2 aromatic rings. The summed E-state index contributed by atoms with van der Waals surface area (Å²) in [5, 5.41) is 9.65. The van der Waals surface area contributed by atoms with Crippen molar-refractivity contribution in [2.75, 3.05) is 13.7 Å². The second-order valence-electron chi connectivity index (χ2n) is 4.17. The lowest BCUT2D eigenvalue weighted by Gasteiger charge is -2.08. The molecule has 1 aromatic carbocycles. The average Bonchev–Trinajstić information content (AvgIpc) is 2.74. The second kappa shape index (κ2) is 4.90. The minimum Gasteiger partial charge on any atom is -0.497 e. The summed E-state index contributed by atoms with van der Waals surface area (Å²) in [5.41, 5.74) is 1.93. The molecule has 0 unspecified atom stereocenters. The van der Waals surface area contributed by atoms with Crippen LogP contribution in [0.1, 0.15) is 9.88 Å². The topological polar surface area (TPSA) is 55.1 Å². The standard InChI is InChI=1S/C14H12N2O2S/c1-17-9-2-3-10-11(8-9)18-7-5-12-14(10)16-13(19-12)4-6-15/h2-3,8H,4-5,7H2,1H3. The van der Waals surface area contributed by atoms with E-state index in [0.29, 0.717) is 13.0 Å². The molecule has 1 aliphatic heterocycles. The SMILES string of the molecule is COc1ccc2c(c1)OCCc1sc(CC#N)nc1-2. The molecule has 1 aromatic heterocycles. The van der Waals surface area contributed by atoms with Crippen molar-refractivity contribution in [3.8, 4) is 28.8 Å². The molecule has 1 aliphatic rings. The van der Waals surface area contributed by atoms with E-state index in [2.05, 4.69) is 11.1 Å². The summed E-state index contributed by atoms with van der Waals surface area (Å²) in [4.78, 5) is 5.76. The van der Waals surface area contributed by atoms with Crippen LogP contribution in [0.3, 0.4) is 0 Å². The van der Waals surface area contributed by atoms with Crippen molar-refractivity contribution in [1.29, 1.82) is 5.26 Å². The summed E-state index contributed by atoms with van der Waals surface area (Å²) in [7, 11) is 1.64. The molecule has 0 saturated carbocycles. The lowest BCUT2D eigenvalue weighted by atomic mass is 10.1. The number of fused-ring (bicyclic) bond motifs is 3. The Morgan fingerprint density at radius 1 is 1.53 bits per heavy atom. The first-order valence-corrected chi connectivity index (χ1v) is 6.80. The van der Waals surface area contributed by atoms with Crippen LogP contribution in [0.25, 0.3) is 11.3 Å². The van der Waals surface area contributed by atoms with Gasteiger partial charge in [0.25, 0.3) is 0 Å². The Bertz CT molecular complexity index is 658. The van der Waals surface area contributed by atoms with E-state index in [4.69, 9.17) is 14.7 Å². The number of thiazole rings is 1. The van der Waals surface area contributed by atoms with E-state index in [1.165, 1.54) is 4.88 Å². The first-order chi connectivity index (χ1) is 9.31. The molecule has 0 spiro atoms. The van der Waals surface area contributed by atoms with Gasteiger partial charge in [-0.3, -0.25) is 0 Å². The van der Waals surface area contributed by atoms with Crippen molar-refractivity contribution in [2.24, 2.45) is 0 Å². The second-order valence-corrected chi connectivity index (χ2v) is 5.34. The molecule has 0 amide bonds. The van der Waals surface area contributed by atoms with Gasteiger partial charge in [0.1, 0.15) is 16.5 Å². The molecule has 0 fully saturated rings. The van der Waals surface area contributed by atoms with Crippen LogP contribution in [0, 0.1) is 11.3 Å². The molecule has 0 radical (unpaired) electrons. The number of methoxy groups -OCH3 is 1. The van der Waals surface area contributed by atoms with Crippen LogP contribution in [0.15, 0.2) is 18.2 Å². The number of nitriles is 1. The van der Waals surface area contributed by atoms with E-state index < -0.39 is 0 Å². The van der Waals surface area contributed by atoms with Gasteiger partial charge >= 0.3 is 0 Å². The van der Waals surface area contributed by atoms with Gasteiger partial charge in [0, 0.05) is 22.9 Å². The Balaban J connectivity index is 2.11. The minimum atomic E-state index is 0.365. The molecule has 0 bridgehead atoms. The Hall–Kier alpha value is -2.06. The van der Waals surface area contributed by atoms with E-state index in [9.17, 15) is 0 Å². The monoisotopic (exact) mass is 272 g/mol. The highest BCUT2D eigenvalue weighted by Gasteiger charge is 2.20. The largest absolute Gasteiger partial charge is 0.497 e. The Kier molecular flexibility index (Phi) is 3.10. The molecule has 2 heterocycles. The highest BCUT2D eigenvalue weighted by atomic mass is 32.1. The lowest BCUT2D eigenvalue weighted by Crippen LogP contribution is -1.98. The number of ether oxygens (including phenoxy) is 2. The van der Waals surface area contributed by atoms with Gasteiger partial charge in [-0.25, -0.2) is 4.98 Å². The van der Waals surface area contributed by atoms with Gasteiger partial charge in [0.05, 0.1) is 31.9 Å². The number of nitrogens with zero attached hydrogens (tertiary/aromatic N) is 2. The number of benzene rings is 1. The minimum absolute atomic E-state index is 0.365. The maximum Gasteiger partial charge on any atom is 0.132 e. The molecule has 0 N–H and O–H groups in total. The van der Waals surface area contributed by atoms with E-state index in [0.717, 1.165) is 34.2 Å².